The molecule has 1 aliphatic rings. The molecule has 0 amide bonds. The molecule has 2 rings (SSSR count). The fourth-order valence-corrected chi connectivity index (χ4v) is 2.56. The van der Waals surface area contributed by atoms with Crippen molar-refractivity contribution >= 4 is 25.7 Å². The maximum atomic E-state index is 12.0. The normalized spacial score (nSPS) is 15.3. The molecule has 1 fully saturated rings. The molecule has 0 atom stereocenters. The van der Waals surface area contributed by atoms with Crippen LogP contribution in [-0.4, -0.2) is 38.8 Å². The standard InChI is InChI=1S/C12H16ClNO5S/c1-2-18-5-6-19-12(15)11-7-10(20(13,16)17)8-14(11)9-3-4-9/h7-9H,2-6H2,1H3. The minimum Gasteiger partial charge on any atom is -0.459 e. The van der Waals surface area contributed by atoms with E-state index in [-0.39, 0.29) is 23.2 Å². The molecule has 0 saturated heterocycles. The molecule has 8 heteroatoms. The van der Waals surface area contributed by atoms with Crippen LogP contribution in [0.4, 0.5) is 0 Å². The van der Waals surface area contributed by atoms with E-state index in [2.05, 4.69) is 0 Å². The van der Waals surface area contributed by atoms with Crippen LogP contribution in [-0.2, 0) is 18.5 Å². The van der Waals surface area contributed by atoms with Gasteiger partial charge < -0.3 is 14.0 Å². The molecule has 0 aliphatic heterocycles. The molecule has 1 saturated carbocycles. The second-order valence-electron chi connectivity index (χ2n) is 4.47. The number of nitrogens with zero attached hydrogens (tertiary/aromatic N) is 1. The van der Waals surface area contributed by atoms with Crippen molar-refractivity contribution in [2.45, 2.75) is 30.7 Å². The van der Waals surface area contributed by atoms with E-state index in [0.29, 0.717) is 13.2 Å². The van der Waals surface area contributed by atoms with Crippen LogP contribution in [0, 0.1) is 0 Å². The number of aromatic nitrogens is 1. The molecule has 0 radical (unpaired) electrons. The summed E-state index contributed by atoms with van der Waals surface area (Å²) in [5.41, 5.74) is 0.211. The predicted octanol–water partition coefficient (Wildman–Crippen LogP) is 1.94. The van der Waals surface area contributed by atoms with Gasteiger partial charge in [0.15, 0.2) is 0 Å². The lowest BCUT2D eigenvalue weighted by molar-refractivity contribution is 0.0324. The van der Waals surface area contributed by atoms with Crippen molar-refractivity contribution in [2.24, 2.45) is 0 Å². The summed E-state index contributed by atoms with van der Waals surface area (Å²) in [6.45, 7) is 2.83. The number of carbonyl (C=O) groups excluding carboxylic acids is 1. The van der Waals surface area contributed by atoms with E-state index in [9.17, 15) is 13.2 Å². The Hall–Kier alpha value is -1.05. The molecule has 1 aromatic heterocycles. The first-order valence-corrected chi connectivity index (χ1v) is 8.66. The molecule has 0 unspecified atom stereocenters. The van der Waals surface area contributed by atoms with Crippen molar-refractivity contribution in [1.29, 1.82) is 0 Å². The number of carbonyl (C=O) groups is 1. The highest BCUT2D eigenvalue weighted by Crippen LogP contribution is 2.37. The third kappa shape index (κ3) is 3.74. The summed E-state index contributed by atoms with van der Waals surface area (Å²) in [4.78, 5) is 11.9. The zero-order valence-electron chi connectivity index (χ0n) is 11.0. The molecular weight excluding hydrogens is 306 g/mol. The van der Waals surface area contributed by atoms with Crippen LogP contribution < -0.4 is 0 Å². The third-order valence-electron chi connectivity index (χ3n) is 2.92. The van der Waals surface area contributed by atoms with Gasteiger partial charge in [-0.1, -0.05) is 0 Å². The molecule has 112 valence electrons. The molecule has 0 bridgehead atoms. The molecule has 1 aliphatic carbocycles. The van der Waals surface area contributed by atoms with E-state index in [4.69, 9.17) is 20.2 Å². The molecule has 1 aromatic rings. The van der Waals surface area contributed by atoms with E-state index >= 15 is 0 Å². The first-order chi connectivity index (χ1) is 9.43. The number of ether oxygens (including phenoxy) is 2. The van der Waals surface area contributed by atoms with E-state index in [1.165, 1.54) is 12.3 Å². The fraction of sp³-hybridized carbons (Fsp3) is 0.583. The summed E-state index contributed by atoms with van der Waals surface area (Å²) in [6.07, 6.45) is 3.21. The zero-order valence-corrected chi connectivity index (χ0v) is 12.6. The number of esters is 1. The van der Waals surface area contributed by atoms with E-state index < -0.39 is 15.0 Å². The molecular formula is C12H16ClNO5S. The highest BCUT2D eigenvalue weighted by Gasteiger charge is 2.30. The van der Waals surface area contributed by atoms with Crippen molar-refractivity contribution in [3.63, 3.8) is 0 Å². The summed E-state index contributed by atoms with van der Waals surface area (Å²) < 4.78 is 34.4. The minimum atomic E-state index is -3.85. The average Bonchev–Trinajstić information content (AvgIpc) is 3.11. The highest BCUT2D eigenvalue weighted by atomic mass is 35.7. The summed E-state index contributed by atoms with van der Waals surface area (Å²) in [5.74, 6) is -0.567. The van der Waals surface area contributed by atoms with Crippen molar-refractivity contribution < 1.29 is 22.7 Å². The Morgan fingerprint density at radius 3 is 2.70 bits per heavy atom. The van der Waals surface area contributed by atoms with Crippen LogP contribution in [0.5, 0.6) is 0 Å². The Balaban J connectivity index is 2.13. The fourth-order valence-electron chi connectivity index (χ4n) is 1.82. The van der Waals surface area contributed by atoms with Gasteiger partial charge in [0.2, 0.25) is 0 Å². The summed E-state index contributed by atoms with van der Waals surface area (Å²) in [7, 11) is 1.45. The van der Waals surface area contributed by atoms with Gasteiger partial charge in [0, 0.05) is 29.5 Å². The SMILES string of the molecule is CCOCCOC(=O)c1cc(S(=O)(=O)Cl)cn1C1CC1. The van der Waals surface area contributed by atoms with Crippen molar-refractivity contribution in [3.05, 3.63) is 18.0 Å². The molecule has 20 heavy (non-hydrogen) atoms. The van der Waals surface area contributed by atoms with Crippen molar-refractivity contribution in [1.82, 2.24) is 4.57 Å². The van der Waals surface area contributed by atoms with Gasteiger partial charge in [-0.2, -0.15) is 0 Å². The van der Waals surface area contributed by atoms with Gasteiger partial charge in [-0.05, 0) is 25.8 Å². The average molecular weight is 322 g/mol. The summed E-state index contributed by atoms with van der Waals surface area (Å²) >= 11 is 0. The van der Waals surface area contributed by atoms with Gasteiger partial charge in [-0.3, -0.25) is 0 Å². The van der Waals surface area contributed by atoms with Crippen LogP contribution in [0.25, 0.3) is 0 Å². The summed E-state index contributed by atoms with van der Waals surface area (Å²) in [6, 6.07) is 1.40. The van der Waals surface area contributed by atoms with Crippen LogP contribution in [0.2, 0.25) is 0 Å². The van der Waals surface area contributed by atoms with Gasteiger partial charge in [0.25, 0.3) is 9.05 Å². The predicted molar refractivity (Wildman–Crippen MR) is 72.5 cm³/mol. The zero-order chi connectivity index (χ0) is 14.8. The number of halogens is 1. The van der Waals surface area contributed by atoms with E-state index in [1.807, 2.05) is 6.92 Å². The lowest BCUT2D eigenvalue weighted by Gasteiger charge is -2.07. The Labute approximate surface area is 122 Å². The second-order valence-corrected chi connectivity index (χ2v) is 7.04. The smallest absolute Gasteiger partial charge is 0.355 e. The van der Waals surface area contributed by atoms with Crippen molar-refractivity contribution in [2.75, 3.05) is 19.8 Å². The van der Waals surface area contributed by atoms with Crippen LogP contribution >= 0.6 is 10.7 Å². The Morgan fingerprint density at radius 2 is 2.15 bits per heavy atom. The molecule has 0 N–H and O–H groups in total. The van der Waals surface area contributed by atoms with E-state index in [0.717, 1.165) is 12.8 Å². The van der Waals surface area contributed by atoms with E-state index in [1.54, 1.807) is 4.57 Å². The Kier molecular flexibility index (Phi) is 4.72. The van der Waals surface area contributed by atoms with Gasteiger partial charge in [-0.25, -0.2) is 13.2 Å². The van der Waals surface area contributed by atoms with Crippen LogP contribution in [0.15, 0.2) is 17.2 Å². The molecule has 0 spiro atoms. The summed E-state index contributed by atoms with van der Waals surface area (Å²) in [5, 5.41) is 0. The first kappa shape index (κ1) is 15.3. The largest absolute Gasteiger partial charge is 0.459 e. The van der Waals surface area contributed by atoms with Gasteiger partial charge in [0.1, 0.15) is 17.2 Å². The number of hydrogen-bond acceptors (Lipinski definition) is 5. The lowest BCUT2D eigenvalue weighted by Crippen LogP contribution is -2.14. The van der Waals surface area contributed by atoms with Gasteiger partial charge in [0.05, 0.1) is 6.61 Å². The Bertz CT molecular complexity index is 591. The second kappa shape index (κ2) is 6.15. The topological polar surface area (TPSA) is 74.6 Å². The van der Waals surface area contributed by atoms with Crippen LogP contribution in [0.1, 0.15) is 36.3 Å². The molecule has 1 heterocycles. The maximum Gasteiger partial charge on any atom is 0.355 e. The molecule has 6 nitrogen and oxygen atoms in total. The molecule has 0 aromatic carbocycles. The first-order valence-electron chi connectivity index (χ1n) is 6.35. The Morgan fingerprint density at radius 1 is 1.45 bits per heavy atom. The third-order valence-corrected chi connectivity index (χ3v) is 4.24. The quantitative estimate of drug-likeness (QED) is 0.436. The minimum absolute atomic E-state index is 0.0807. The van der Waals surface area contributed by atoms with Crippen LogP contribution in [0.3, 0.4) is 0 Å². The lowest BCUT2D eigenvalue weighted by atomic mass is 10.4. The van der Waals surface area contributed by atoms with Crippen molar-refractivity contribution in [3.8, 4) is 0 Å². The van der Waals surface area contributed by atoms with Gasteiger partial charge in [-0.15, -0.1) is 0 Å². The highest BCUT2D eigenvalue weighted by molar-refractivity contribution is 8.13. The maximum absolute atomic E-state index is 12.0. The number of hydrogen-bond donors (Lipinski definition) is 0. The number of rotatable bonds is 7. The van der Waals surface area contributed by atoms with Gasteiger partial charge >= 0.3 is 5.97 Å². The monoisotopic (exact) mass is 321 g/mol.